The van der Waals surface area contributed by atoms with Crippen LogP contribution >= 0.6 is 0 Å². The average molecular weight is 217 g/mol. The van der Waals surface area contributed by atoms with Gasteiger partial charge in [0.2, 0.25) is 0 Å². The summed E-state index contributed by atoms with van der Waals surface area (Å²) < 4.78 is 0. The van der Waals surface area contributed by atoms with Crippen LogP contribution in [0.3, 0.4) is 0 Å². The van der Waals surface area contributed by atoms with Gasteiger partial charge in [-0.2, -0.15) is 0 Å². The van der Waals surface area contributed by atoms with E-state index in [-0.39, 0.29) is 10.9 Å². The van der Waals surface area contributed by atoms with E-state index < -0.39 is 5.56 Å². The second-order valence-electron chi connectivity index (χ2n) is 3.46. The predicted molar refractivity (Wildman–Crippen MR) is 63.5 cm³/mol. The summed E-state index contributed by atoms with van der Waals surface area (Å²) in [5.74, 6) is 0. The summed E-state index contributed by atoms with van der Waals surface area (Å²) in [5, 5.41) is 5.12. The van der Waals surface area contributed by atoms with Crippen LogP contribution in [0.2, 0.25) is 0 Å². The van der Waals surface area contributed by atoms with Gasteiger partial charge in [-0.1, -0.05) is 12.1 Å². The van der Waals surface area contributed by atoms with Gasteiger partial charge in [0.25, 0.3) is 11.1 Å². The second kappa shape index (κ2) is 3.69. The number of fused-ring (bicyclic) bond motifs is 1. The Morgan fingerprint density at radius 1 is 1.19 bits per heavy atom. The molecule has 0 aliphatic carbocycles. The SMILES string of the molecule is C=CCc1ccc(N)c2c(=O)[nH][nH]c(=O)c12. The summed E-state index contributed by atoms with van der Waals surface area (Å²) in [6, 6.07) is 3.35. The molecule has 2 aromatic rings. The van der Waals surface area contributed by atoms with Gasteiger partial charge in [-0.15, -0.1) is 6.58 Å². The topological polar surface area (TPSA) is 91.7 Å². The molecule has 0 spiro atoms. The largest absolute Gasteiger partial charge is 0.398 e. The maximum Gasteiger partial charge on any atom is 0.272 e. The van der Waals surface area contributed by atoms with Crippen molar-refractivity contribution in [2.45, 2.75) is 6.42 Å². The monoisotopic (exact) mass is 217 g/mol. The molecular formula is C11H11N3O2. The van der Waals surface area contributed by atoms with Crippen LogP contribution in [0.1, 0.15) is 5.56 Å². The Morgan fingerprint density at radius 3 is 2.44 bits per heavy atom. The van der Waals surface area contributed by atoms with Gasteiger partial charge >= 0.3 is 0 Å². The highest BCUT2D eigenvalue weighted by Gasteiger charge is 2.10. The molecule has 2 rings (SSSR count). The molecule has 0 amide bonds. The third-order valence-corrected chi connectivity index (χ3v) is 2.43. The summed E-state index contributed by atoms with van der Waals surface area (Å²) >= 11 is 0. The van der Waals surface area contributed by atoms with Crippen molar-refractivity contribution in [1.29, 1.82) is 0 Å². The van der Waals surface area contributed by atoms with Gasteiger partial charge in [0.15, 0.2) is 0 Å². The summed E-state index contributed by atoms with van der Waals surface area (Å²) in [6.07, 6.45) is 2.19. The van der Waals surface area contributed by atoms with Crippen LogP contribution in [-0.4, -0.2) is 10.2 Å². The van der Waals surface area contributed by atoms with Gasteiger partial charge in [0, 0.05) is 5.69 Å². The number of nitrogen functional groups attached to an aromatic ring is 1. The van der Waals surface area contributed by atoms with Crippen molar-refractivity contribution < 1.29 is 0 Å². The van der Waals surface area contributed by atoms with Crippen molar-refractivity contribution in [1.82, 2.24) is 10.2 Å². The fourth-order valence-corrected chi connectivity index (χ4v) is 1.73. The van der Waals surface area contributed by atoms with Crippen molar-refractivity contribution in [3.05, 3.63) is 51.1 Å². The molecule has 16 heavy (non-hydrogen) atoms. The van der Waals surface area contributed by atoms with E-state index in [1.165, 1.54) is 0 Å². The normalized spacial score (nSPS) is 10.5. The zero-order chi connectivity index (χ0) is 11.7. The molecule has 82 valence electrons. The van der Waals surface area contributed by atoms with Crippen molar-refractivity contribution in [3.63, 3.8) is 0 Å². The maximum absolute atomic E-state index is 11.7. The fourth-order valence-electron chi connectivity index (χ4n) is 1.73. The number of allylic oxidation sites excluding steroid dienone is 1. The number of nitrogens with one attached hydrogen (secondary N) is 2. The van der Waals surface area contributed by atoms with E-state index in [4.69, 9.17) is 5.73 Å². The number of nitrogens with two attached hydrogens (primary N) is 1. The molecule has 0 radical (unpaired) electrons. The summed E-state index contributed by atoms with van der Waals surface area (Å²) in [4.78, 5) is 23.2. The van der Waals surface area contributed by atoms with E-state index in [2.05, 4.69) is 16.8 Å². The number of hydrogen-bond donors (Lipinski definition) is 3. The molecule has 1 heterocycles. The lowest BCUT2D eigenvalue weighted by atomic mass is 10.0. The molecule has 4 N–H and O–H groups in total. The quantitative estimate of drug-likeness (QED) is 0.506. The maximum atomic E-state index is 11.7. The first-order valence-electron chi connectivity index (χ1n) is 4.78. The number of H-pyrrole nitrogens is 2. The van der Waals surface area contributed by atoms with Gasteiger partial charge in [-0.25, -0.2) is 0 Å². The molecule has 0 aliphatic rings. The van der Waals surface area contributed by atoms with Crippen LogP contribution in [0.4, 0.5) is 5.69 Å². The van der Waals surface area contributed by atoms with Crippen molar-refractivity contribution in [2.24, 2.45) is 0 Å². The Morgan fingerprint density at radius 2 is 1.81 bits per heavy atom. The number of anilines is 1. The minimum atomic E-state index is -0.391. The number of benzene rings is 1. The van der Waals surface area contributed by atoms with E-state index in [1.807, 2.05) is 0 Å². The molecule has 1 aromatic carbocycles. The van der Waals surface area contributed by atoms with E-state index in [9.17, 15) is 9.59 Å². The zero-order valence-corrected chi connectivity index (χ0v) is 8.54. The van der Waals surface area contributed by atoms with E-state index >= 15 is 0 Å². The summed E-state index contributed by atoms with van der Waals surface area (Å²) in [6.45, 7) is 3.61. The fraction of sp³-hybridized carbons (Fsp3) is 0.0909. The highest BCUT2D eigenvalue weighted by Crippen LogP contribution is 2.18. The molecule has 0 saturated heterocycles. The Labute approximate surface area is 90.6 Å². The first-order chi connectivity index (χ1) is 7.65. The average Bonchev–Trinajstić information content (AvgIpc) is 2.26. The lowest BCUT2D eigenvalue weighted by Crippen LogP contribution is -2.21. The highest BCUT2D eigenvalue weighted by molar-refractivity contribution is 5.93. The van der Waals surface area contributed by atoms with Crippen LogP contribution in [0.15, 0.2) is 34.4 Å². The van der Waals surface area contributed by atoms with Gasteiger partial charge in [-0.05, 0) is 18.1 Å². The number of aromatic nitrogens is 2. The molecule has 1 aromatic heterocycles. The van der Waals surface area contributed by atoms with Crippen molar-refractivity contribution >= 4 is 16.5 Å². The minimum Gasteiger partial charge on any atom is -0.398 e. The van der Waals surface area contributed by atoms with Crippen molar-refractivity contribution in [3.8, 4) is 0 Å². The van der Waals surface area contributed by atoms with Gasteiger partial charge in [-0.3, -0.25) is 19.8 Å². The molecule has 0 bridgehead atoms. The zero-order valence-electron chi connectivity index (χ0n) is 8.54. The van der Waals surface area contributed by atoms with Crippen LogP contribution in [0.5, 0.6) is 0 Å². The van der Waals surface area contributed by atoms with Crippen LogP contribution in [-0.2, 0) is 6.42 Å². The lowest BCUT2D eigenvalue weighted by molar-refractivity contribution is 0.974. The molecule has 5 heteroatoms. The second-order valence-corrected chi connectivity index (χ2v) is 3.46. The van der Waals surface area contributed by atoms with E-state index in [0.717, 1.165) is 5.56 Å². The highest BCUT2D eigenvalue weighted by atomic mass is 16.1. The Hall–Kier alpha value is -2.30. The molecule has 0 atom stereocenters. The molecule has 0 aliphatic heterocycles. The Balaban J connectivity index is 3.03. The van der Waals surface area contributed by atoms with Crippen LogP contribution in [0, 0.1) is 0 Å². The first kappa shape index (κ1) is 10.2. The van der Waals surface area contributed by atoms with E-state index in [1.54, 1.807) is 18.2 Å². The van der Waals surface area contributed by atoms with Gasteiger partial charge in [0.1, 0.15) is 0 Å². The lowest BCUT2D eigenvalue weighted by Gasteiger charge is -2.04. The molecular weight excluding hydrogens is 206 g/mol. The molecule has 0 unspecified atom stereocenters. The number of hydrogen-bond acceptors (Lipinski definition) is 3. The van der Waals surface area contributed by atoms with Crippen LogP contribution in [0.25, 0.3) is 10.8 Å². The number of aromatic amines is 2. The molecule has 0 saturated carbocycles. The third-order valence-electron chi connectivity index (χ3n) is 2.43. The summed E-state index contributed by atoms with van der Waals surface area (Å²) in [7, 11) is 0. The number of rotatable bonds is 2. The third kappa shape index (κ3) is 1.42. The Bertz CT molecular complexity index is 667. The van der Waals surface area contributed by atoms with Gasteiger partial charge in [0.05, 0.1) is 10.8 Å². The minimum absolute atomic E-state index is 0.239. The van der Waals surface area contributed by atoms with Gasteiger partial charge < -0.3 is 5.73 Å². The molecule has 5 nitrogen and oxygen atoms in total. The smallest absolute Gasteiger partial charge is 0.272 e. The summed E-state index contributed by atoms with van der Waals surface area (Å²) in [5.41, 5.74) is 6.00. The van der Waals surface area contributed by atoms with E-state index in [0.29, 0.717) is 17.5 Å². The molecule has 0 fully saturated rings. The Kier molecular flexibility index (Phi) is 2.36. The predicted octanol–water partition coefficient (Wildman–Crippen LogP) is 0.527. The van der Waals surface area contributed by atoms with Crippen molar-refractivity contribution in [2.75, 3.05) is 5.73 Å². The standard InChI is InChI=1S/C11H11N3O2/c1-2-3-6-4-5-7(12)9-8(6)10(15)13-14-11(9)16/h2,4-5H,1,3,12H2,(H,13,15)(H,14,16). The first-order valence-corrected chi connectivity index (χ1v) is 4.78. The van der Waals surface area contributed by atoms with Crippen LogP contribution < -0.4 is 16.9 Å².